The monoisotopic (exact) mass is 320 g/mol. The van der Waals surface area contributed by atoms with Crippen molar-refractivity contribution in [2.45, 2.75) is 25.8 Å². The average molecular weight is 320 g/mol. The van der Waals surface area contributed by atoms with Crippen molar-refractivity contribution in [2.24, 2.45) is 0 Å². The Kier molecular flexibility index (Phi) is 5.06. The lowest BCUT2D eigenvalue weighted by Crippen LogP contribution is -2.33. The molecule has 1 atom stereocenters. The zero-order valence-electron chi connectivity index (χ0n) is 13.6. The molecule has 0 saturated heterocycles. The minimum atomic E-state index is -0.157. The molecule has 0 radical (unpaired) electrons. The van der Waals surface area contributed by atoms with Gasteiger partial charge in [-0.05, 0) is 25.3 Å². The van der Waals surface area contributed by atoms with Gasteiger partial charge in [0.1, 0.15) is 17.5 Å². The molecule has 24 heavy (non-hydrogen) atoms. The highest BCUT2D eigenvalue weighted by Gasteiger charge is 2.18. The summed E-state index contributed by atoms with van der Waals surface area (Å²) >= 11 is 0. The third-order valence-electron chi connectivity index (χ3n) is 3.95. The van der Waals surface area contributed by atoms with Gasteiger partial charge in [0.15, 0.2) is 0 Å². The van der Waals surface area contributed by atoms with E-state index < -0.39 is 0 Å². The van der Waals surface area contributed by atoms with Crippen LogP contribution in [0.5, 0.6) is 0 Å². The number of hydrogen-bond donors (Lipinski definition) is 1. The number of benzene rings is 2. The second kappa shape index (κ2) is 7.59. The number of carbonyl (C=O) groups is 1. The van der Waals surface area contributed by atoms with Crippen molar-refractivity contribution >= 4 is 5.91 Å². The van der Waals surface area contributed by atoms with Crippen LogP contribution >= 0.6 is 0 Å². The molecule has 0 aliphatic heterocycles. The van der Waals surface area contributed by atoms with Crippen molar-refractivity contribution in [3.8, 4) is 11.3 Å². The Balaban J connectivity index is 1.62. The maximum absolute atomic E-state index is 12.5. The highest BCUT2D eigenvalue weighted by molar-refractivity contribution is 5.99. The van der Waals surface area contributed by atoms with E-state index >= 15 is 0 Å². The smallest absolute Gasteiger partial charge is 0.257 e. The summed E-state index contributed by atoms with van der Waals surface area (Å²) in [6.07, 6.45) is 3.21. The molecule has 1 N–H and O–H groups in total. The zero-order valence-corrected chi connectivity index (χ0v) is 13.6. The average Bonchev–Trinajstić information content (AvgIpc) is 3.11. The topological polar surface area (TPSA) is 55.1 Å². The van der Waals surface area contributed by atoms with Crippen LogP contribution in [0.2, 0.25) is 0 Å². The van der Waals surface area contributed by atoms with E-state index in [0.29, 0.717) is 11.3 Å². The first-order chi connectivity index (χ1) is 11.7. The first-order valence-corrected chi connectivity index (χ1v) is 8.08. The summed E-state index contributed by atoms with van der Waals surface area (Å²) in [5, 5.41) is 7.00. The summed E-state index contributed by atoms with van der Waals surface area (Å²) in [5.74, 6) is -0.157. The third-order valence-corrected chi connectivity index (χ3v) is 3.95. The van der Waals surface area contributed by atoms with Gasteiger partial charge in [-0.1, -0.05) is 65.8 Å². The molecule has 4 nitrogen and oxygen atoms in total. The fraction of sp³-hybridized carbons (Fsp3) is 0.200. The number of amides is 1. The molecule has 122 valence electrons. The fourth-order valence-electron chi connectivity index (χ4n) is 2.60. The van der Waals surface area contributed by atoms with E-state index in [9.17, 15) is 4.79 Å². The molecule has 0 fully saturated rings. The fourth-order valence-corrected chi connectivity index (χ4v) is 2.60. The lowest BCUT2D eigenvalue weighted by molar-refractivity contribution is 0.0938. The minimum absolute atomic E-state index is 0.0660. The van der Waals surface area contributed by atoms with E-state index in [4.69, 9.17) is 4.52 Å². The number of nitrogens with one attached hydrogen (secondary N) is 1. The number of rotatable bonds is 6. The summed E-state index contributed by atoms with van der Waals surface area (Å²) in [6, 6.07) is 19.9. The van der Waals surface area contributed by atoms with E-state index in [0.717, 1.165) is 18.4 Å². The van der Waals surface area contributed by atoms with Crippen LogP contribution in [0.25, 0.3) is 11.3 Å². The van der Waals surface area contributed by atoms with Gasteiger partial charge in [-0.2, -0.15) is 0 Å². The Bertz CT molecular complexity index is 782. The van der Waals surface area contributed by atoms with Gasteiger partial charge in [-0.3, -0.25) is 4.79 Å². The molecule has 1 aromatic heterocycles. The summed E-state index contributed by atoms with van der Waals surface area (Å²) in [7, 11) is 0. The van der Waals surface area contributed by atoms with Crippen molar-refractivity contribution in [3.63, 3.8) is 0 Å². The Labute approximate surface area is 141 Å². The molecule has 0 spiro atoms. The lowest BCUT2D eigenvalue weighted by atomic mass is 10.0. The number of aromatic nitrogens is 1. The molecule has 1 heterocycles. The summed E-state index contributed by atoms with van der Waals surface area (Å²) < 4.78 is 5.02. The van der Waals surface area contributed by atoms with Crippen LogP contribution in [0.3, 0.4) is 0 Å². The number of nitrogens with zero attached hydrogens (tertiary/aromatic N) is 1. The van der Waals surface area contributed by atoms with Gasteiger partial charge >= 0.3 is 0 Å². The highest BCUT2D eigenvalue weighted by Crippen LogP contribution is 2.21. The van der Waals surface area contributed by atoms with Crippen LogP contribution in [0.4, 0.5) is 0 Å². The molecule has 0 unspecified atom stereocenters. The highest BCUT2D eigenvalue weighted by atomic mass is 16.5. The first-order valence-electron chi connectivity index (χ1n) is 8.08. The second-order valence-electron chi connectivity index (χ2n) is 5.84. The van der Waals surface area contributed by atoms with Crippen LogP contribution < -0.4 is 5.32 Å². The van der Waals surface area contributed by atoms with Gasteiger partial charge in [0, 0.05) is 11.6 Å². The molecule has 0 saturated carbocycles. The summed E-state index contributed by atoms with van der Waals surface area (Å²) in [6.45, 7) is 2.01. The van der Waals surface area contributed by atoms with E-state index in [-0.39, 0.29) is 11.9 Å². The maximum Gasteiger partial charge on any atom is 0.257 e. The van der Waals surface area contributed by atoms with Gasteiger partial charge in [-0.15, -0.1) is 0 Å². The van der Waals surface area contributed by atoms with Crippen molar-refractivity contribution in [1.29, 1.82) is 0 Å². The SMILES string of the molecule is C[C@H](CCc1ccccc1)NC(=O)c1conc1-c1ccccc1. The second-order valence-corrected chi connectivity index (χ2v) is 5.84. The normalized spacial score (nSPS) is 11.9. The quantitative estimate of drug-likeness (QED) is 0.744. The van der Waals surface area contributed by atoms with E-state index in [1.165, 1.54) is 11.8 Å². The van der Waals surface area contributed by atoms with Crippen molar-refractivity contribution in [2.75, 3.05) is 0 Å². The molecule has 3 rings (SSSR count). The van der Waals surface area contributed by atoms with Gasteiger partial charge < -0.3 is 9.84 Å². The first kappa shape index (κ1) is 16.0. The molecule has 0 bridgehead atoms. The standard InChI is InChI=1S/C20H20N2O2/c1-15(12-13-16-8-4-2-5-9-16)21-20(23)18-14-24-22-19(18)17-10-6-3-7-11-17/h2-11,14-15H,12-13H2,1H3,(H,21,23)/t15-/m1/s1. The van der Waals surface area contributed by atoms with E-state index in [2.05, 4.69) is 22.6 Å². The number of hydrogen-bond acceptors (Lipinski definition) is 3. The van der Waals surface area contributed by atoms with Crippen LogP contribution in [0.1, 0.15) is 29.3 Å². The van der Waals surface area contributed by atoms with Gasteiger partial charge in [0.2, 0.25) is 0 Å². The largest absolute Gasteiger partial charge is 0.363 e. The predicted octanol–water partition coefficient (Wildman–Crippen LogP) is 4.09. The number of aryl methyl sites for hydroxylation is 1. The molecule has 0 aliphatic carbocycles. The summed E-state index contributed by atoms with van der Waals surface area (Å²) in [4.78, 5) is 12.5. The van der Waals surface area contributed by atoms with E-state index in [1.54, 1.807) is 0 Å². The Morgan fingerprint density at radius 3 is 2.46 bits per heavy atom. The van der Waals surface area contributed by atoms with Crippen LogP contribution in [-0.4, -0.2) is 17.1 Å². The summed E-state index contributed by atoms with van der Waals surface area (Å²) in [5.41, 5.74) is 3.18. The van der Waals surface area contributed by atoms with Crippen molar-refractivity contribution in [1.82, 2.24) is 10.5 Å². The molecular weight excluding hydrogens is 300 g/mol. The number of carbonyl (C=O) groups excluding carboxylic acids is 1. The predicted molar refractivity (Wildman–Crippen MR) is 93.6 cm³/mol. The van der Waals surface area contributed by atoms with Crippen molar-refractivity contribution in [3.05, 3.63) is 78.1 Å². The van der Waals surface area contributed by atoms with Gasteiger partial charge in [0.05, 0.1) is 0 Å². The third kappa shape index (κ3) is 3.90. The molecule has 1 amide bonds. The van der Waals surface area contributed by atoms with Crippen LogP contribution in [0, 0.1) is 0 Å². The Morgan fingerprint density at radius 1 is 1.08 bits per heavy atom. The van der Waals surface area contributed by atoms with E-state index in [1.807, 2.05) is 55.5 Å². The van der Waals surface area contributed by atoms with Crippen LogP contribution in [0.15, 0.2) is 71.4 Å². The molecule has 0 aliphatic rings. The van der Waals surface area contributed by atoms with Crippen LogP contribution in [-0.2, 0) is 6.42 Å². The maximum atomic E-state index is 12.5. The Morgan fingerprint density at radius 2 is 1.75 bits per heavy atom. The Hall–Kier alpha value is -2.88. The van der Waals surface area contributed by atoms with Crippen molar-refractivity contribution < 1.29 is 9.32 Å². The zero-order chi connectivity index (χ0) is 16.8. The lowest BCUT2D eigenvalue weighted by Gasteiger charge is -2.13. The minimum Gasteiger partial charge on any atom is -0.363 e. The molecule has 4 heteroatoms. The molecular formula is C20H20N2O2. The van der Waals surface area contributed by atoms with Gasteiger partial charge in [0.25, 0.3) is 5.91 Å². The molecule has 3 aromatic rings. The molecule has 2 aromatic carbocycles. The van der Waals surface area contributed by atoms with Gasteiger partial charge in [-0.25, -0.2) is 0 Å².